The maximum atomic E-state index is 13.2. The first kappa shape index (κ1) is 24.8. The molecule has 8 nitrogen and oxygen atoms in total. The Morgan fingerprint density at radius 3 is 2.56 bits per heavy atom. The molecule has 2 aromatic heterocycles. The molecule has 1 saturated heterocycles. The highest BCUT2D eigenvalue weighted by molar-refractivity contribution is 7.93. The maximum Gasteiger partial charge on any atom is 0.263 e. The molecule has 3 heterocycles. The van der Waals surface area contributed by atoms with Gasteiger partial charge in [0.25, 0.3) is 10.0 Å². The third kappa shape index (κ3) is 4.86. The first-order valence-electron chi connectivity index (χ1n) is 11.0. The molecular weight excluding hydrogens is 543 g/mol. The number of fused-ring (bicyclic) bond motifs is 1. The normalized spacial score (nSPS) is 15.7. The fourth-order valence-electron chi connectivity index (χ4n) is 4.05. The molecule has 36 heavy (non-hydrogen) atoms. The van der Waals surface area contributed by atoms with Crippen LogP contribution in [-0.2, 0) is 20.0 Å². The molecule has 186 valence electrons. The third-order valence-corrected chi connectivity index (χ3v) is 9.89. The minimum absolute atomic E-state index is 0.0497. The van der Waals surface area contributed by atoms with E-state index in [1.165, 1.54) is 28.6 Å². The SMILES string of the molecule is O=S(=O)(Nc1ccc(Cl)c(-c2ccc3cnccc3n2)c1)c1ccc(N2CCCCS2(=O)=O)cc1Cl. The first-order valence-corrected chi connectivity index (χ1v) is 14.8. The van der Waals surface area contributed by atoms with Crippen molar-refractivity contribution in [2.24, 2.45) is 0 Å². The fourth-order valence-corrected chi connectivity index (χ4v) is 7.49. The molecule has 0 saturated carbocycles. The molecular formula is C24H20Cl2N4O4S2. The lowest BCUT2D eigenvalue weighted by Gasteiger charge is -2.28. The van der Waals surface area contributed by atoms with Gasteiger partial charge in [-0.2, -0.15) is 0 Å². The predicted molar refractivity (Wildman–Crippen MR) is 143 cm³/mol. The van der Waals surface area contributed by atoms with E-state index in [1.54, 1.807) is 36.7 Å². The number of sulfonamides is 2. The Morgan fingerprint density at radius 1 is 0.944 bits per heavy atom. The largest absolute Gasteiger partial charge is 0.280 e. The summed E-state index contributed by atoms with van der Waals surface area (Å²) in [4.78, 5) is 8.51. The minimum atomic E-state index is -4.09. The quantitative estimate of drug-likeness (QED) is 0.352. The Morgan fingerprint density at radius 2 is 1.78 bits per heavy atom. The van der Waals surface area contributed by atoms with Gasteiger partial charge in [-0.1, -0.05) is 23.2 Å². The highest BCUT2D eigenvalue weighted by atomic mass is 35.5. The summed E-state index contributed by atoms with van der Waals surface area (Å²) in [6.45, 7) is 0.329. The van der Waals surface area contributed by atoms with Crippen LogP contribution in [0.2, 0.25) is 10.0 Å². The topological polar surface area (TPSA) is 109 Å². The van der Waals surface area contributed by atoms with Crippen molar-refractivity contribution in [1.82, 2.24) is 9.97 Å². The lowest BCUT2D eigenvalue weighted by molar-refractivity contribution is 0.574. The van der Waals surface area contributed by atoms with Crippen molar-refractivity contribution >= 4 is 65.5 Å². The van der Waals surface area contributed by atoms with E-state index in [4.69, 9.17) is 23.2 Å². The molecule has 0 radical (unpaired) electrons. The summed E-state index contributed by atoms with van der Waals surface area (Å²) in [6.07, 6.45) is 4.66. The molecule has 4 aromatic rings. The average Bonchev–Trinajstić information content (AvgIpc) is 2.84. The second kappa shape index (κ2) is 9.51. The second-order valence-electron chi connectivity index (χ2n) is 8.27. The Kier molecular flexibility index (Phi) is 6.54. The van der Waals surface area contributed by atoms with Gasteiger partial charge in [-0.15, -0.1) is 0 Å². The van der Waals surface area contributed by atoms with Gasteiger partial charge in [0.2, 0.25) is 10.0 Å². The smallest absolute Gasteiger partial charge is 0.263 e. The van der Waals surface area contributed by atoms with Gasteiger partial charge in [0, 0.05) is 35.6 Å². The second-order valence-corrected chi connectivity index (χ2v) is 12.8. The van der Waals surface area contributed by atoms with Crippen LogP contribution in [0.4, 0.5) is 11.4 Å². The van der Waals surface area contributed by atoms with Crippen LogP contribution in [0.15, 0.2) is 71.9 Å². The minimum Gasteiger partial charge on any atom is -0.280 e. The van der Waals surface area contributed by atoms with Crippen LogP contribution in [-0.4, -0.2) is 39.1 Å². The molecule has 0 unspecified atom stereocenters. The number of hydrogen-bond acceptors (Lipinski definition) is 6. The Bertz CT molecular complexity index is 1700. The van der Waals surface area contributed by atoms with Crippen molar-refractivity contribution in [3.63, 3.8) is 0 Å². The molecule has 12 heteroatoms. The van der Waals surface area contributed by atoms with Crippen molar-refractivity contribution in [2.75, 3.05) is 21.3 Å². The number of pyridine rings is 2. The molecule has 1 N–H and O–H groups in total. The number of nitrogens with zero attached hydrogens (tertiary/aromatic N) is 3. The highest BCUT2D eigenvalue weighted by Gasteiger charge is 2.27. The van der Waals surface area contributed by atoms with Gasteiger partial charge in [0.15, 0.2) is 0 Å². The van der Waals surface area contributed by atoms with E-state index < -0.39 is 20.0 Å². The van der Waals surface area contributed by atoms with Crippen molar-refractivity contribution in [3.05, 3.63) is 77.0 Å². The molecule has 0 spiro atoms. The molecule has 0 atom stereocenters. The number of halogens is 2. The average molecular weight is 563 g/mol. The summed E-state index contributed by atoms with van der Waals surface area (Å²) in [7, 11) is -7.54. The van der Waals surface area contributed by atoms with Crippen molar-refractivity contribution in [1.29, 1.82) is 0 Å². The number of aromatic nitrogens is 2. The van der Waals surface area contributed by atoms with E-state index in [9.17, 15) is 16.8 Å². The molecule has 0 amide bonds. The van der Waals surface area contributed by atoms with E-state index in [-0.39, 0.29) is 21.4 Å². The zero-order valence-corrected chi connectivity index (χ0v) is 21.9. The summed E-state index contributed by atoms with van der Waals surface area (Å²) in [5, 5.41) is 1.19. The van der Waals surface area contributed by atoms with Crippen molar-refractivity contribution in [2.45, 2.75) is 17.7 Å². The first-order chi connectivity index (χ1) is 17.1. The van der Waals surface area contributed by atoms with Gasteiger partial charge < -0.3 is 0 Å². The number of hydrogen-bond donors (Lipinski definition) is 1. The van der Waals surface area contributed by atoms with Gasteiger partial charge in [-0.3, -0.25) is 14.0 Å². The third-order valence-electron chi connectivity index (χ3n) is 5.83. The van der Waals surface area contributed by atoms with E-state index in [2.05, 4.69) is 14.7 Å². The zero-order valence-electron chi connectivity index (χ0n) is 18.7. The Hall–Kier alpha value is -2.92. The van der Waals surface area contributed by atoms with Crippen LogP contribution in [0.3, 0.4) is 0 Å². The molecule has 1 aliphatic rings. The highest BCUT2D eigenvalue weighted by Crippen LogP contribution is 2.34. The van der Waals surface area contributed by atoms with Gasteiger partial charge in [0.1, 0.15) is 4.90 Å². The number of benzene rings is 2. The summed E-state index contributed by atoms with van der Waals surface area (Å²) < 4.78 is 54.9. The van der Waals surface area contributed by atoms with Gasteiger partial charge >= 0.3 is 0 Å². The van der Waals surface area contributed by atoms with Crippen LogP contribution in [0.5, 0.6) is 0 Å². The van der Waals surface area contributed by atoms with Crippen LogP contribution in [0, 0.1) is 0 Å². The Balaban J connectivity index is 1.45. The Labute approximate surface area is 219 Å². The van der Waals surface area contributed by atoms with E-state index in [1.807, 2.05) is 6.07 Å². The number of anilines is 2. The molecule has 2 aromatic carbocycles. The van der Waals surface area contributed by atoms with Crippen LogP contribution >= 0.6 is 23.2 Å². The number of rotatable bonds is 5. The van der Waals surface area contributed by atoms with Crippen molar-refractivity contribution < 1.29 is 16.8 Å². The van der Waals surface area contributed by atoms with E-state index in [0.717, 1.165) is 17.3 Å². The monoisotopic (exact) mass is 562 g/mol. The molecule has 1 aliphatic heterocycles. The lowest BCUT2D eigenvalue weighted by Crippen LogP contribution is -2.37. The zero-order chi connectivity index (χ0) is 25.5. The molecule has 0 bridgehead atoms. The standard InChI is InChI=1S/C24H20Cl2N4O4S2/c25-20-6-4-17(13-19(20)23-7-3-16-15-27-10-9-22(16)28-23)29-36(33,34)24-8-5-18(14-21(24)26)30-11-1-2-12-35(30,31)32/h3-10,13-15,29H,1-2,11-12H2. The van der Waals surface area contributed by atoms with Crippen LogP contribution < -0.4 is 9.03 Å². The number of nitrogens with one attached hydrogen (secondary N) is 1. The molecule has 1 fully saturated rings. The van der Waals surface area contributed by atoms with Gasteiger partial charge in [0.05, 0.1) is 32.7 Å². The fraction of sp³-hybridized carbons (Fsp3) is 0.167. The van der Waals surface area contributed by atoms with Crippen LogP contribution in [0.25, 0.3) is 22.2 Å². The lowest BCUT2D eigenvalue weighted by atomic mass is 10.1. The van der Waals surface area contributed by atoms with Crippen LogP contribution in [0.1, 0.15) is 12.8 Å². The van der Waals surface area contributed by atoms with Crippen molar-refractivity contribution in [3.8, 4) is 11.3 Å². The molecule has 0 aliphatic carbocycles. The predicted octanol–water partition coefficient (Wildman–Crippen LogP) is 5.33. The summed E-state index contributed by atoms with van der Waals surface area (Å²) in [5.41, 5.74) is 2.46. The molecule has 5 rings (SSSR count). The van der Waals surface area contributed by atoms with Gasteiger partial charge in [-0.25, -0.2) is 21.8 Å². The summed E-state index contributed by atoms with van der Waals surface area (Å²) in [6, 6.07) is 14.3. The summed E-state index contributed by atoms with van der Waals surface area (Å²) in [5.74, 6) is 0.0497. The summed E-state index contributed by atoms with van der Waals surface area (Å²) >= 11 is 12.7. The maximum absolute atomic E-state index is 13.2. The van der Waals surface area contributed by atoms with E-state index >= 15 is 0 Å². The van der Waals surface area contributed by atoms with Gasteiger partial charge in [-0.05, 0) is 67.4 Å². The van der Waals surface area contributed by atoms with E-state index in [0.29, 0.717) is 34.9 Å².